The minimum atomic E-state index is -0.241. The third-order valence-electron chi connectivity index (χ3n) is 2.83. The van der Waals surface area contributed by atoms with Crippen molar-refractivity contribution in [2.45, 2.75) is 32.5 Å². The Bertz CT molecular complexity index is 120. The lowest BCUT2D eigenvalue weighted by atomic mass is 9.72. The Balaban J connectivity index is 2.35. The summed E-state index contributed by atoms with van der Waals surface area (Å²) >= 11 is 0. The molecule has 11 heavy (non-hydrogen) atoms. The van der Waals surface area contributed by atoms with E-state index in [0.29, 0.717) is 0 Å². The summed E-state index contributed by atoms with van der Waals surface area (Å²) < 4.78 is 10.6. The minimum Gasteiger partial charge on any atom is -0.353 e. The van der Waals surface area contributed by atoms with Gasteiger partial charge in [-0.1, -0.05) is 13.8 Å². The lowest BCUT2D eigenvalue weighted by molar-refractivity contribution is -0.275. The van der Waals surface area contributed by atoms with Crippen molar-refractivity contribution in [2.75, 3.05) is 14.2 Å². The fourth-order valence-corrected chi connectivity index (χ4v) is 1.63. The lowest BCUT2D eigenvalue weighted by Crippen LogP contribution is -2.48. The summed E-state index contributed by atoms with van der Waals surface area (Å²) in [6.45, 7) is 4.50. The summed E-state index contributed by atoms with van der Waals surface area (Å²) in [4.78, 5) is 0. The Morgan fingerprint density at radius 3 is 1.91 bits per heavy atom. The number of rotatable bonds is 3. The Morgan fingerprint density at radius 1 is 1.18 bits per heavy atom. The van der Waals surface area contributed by atoms with Gasteiger partial charge in [0, 0.05) is 27.1 Å². The molecular formula is C9H18O2. The molecule has 1 rings (SSSR count). The zero-order valence-electron chi connectivity index (χ0n) is 7.89. The van der Waals surface area contributed by atoms with Crippen molar-refractivity contribution in [1.29, 1.82) is 0 Å². The van der Waals surface area contributed by atoms with Gasteiger partial charge in [0.25, 0.3) is 0 Å². The maximum absolute atomic E-state index is 5.28. The Morgan fingerprint density at radius 2 is 1.64 bits per heavy atom. The molecule has 0 amide bonds. The van der Waals surface area contributed by atoms with Gasteiger partial charge in [-0.2, -0.15) is 0 Å². The van der Waals surface area contributed by atoms with Crippen LogP contribution in [0.4, 0.5) is 0 Å². The van der Waals surface area contributed by atoms with Crippen LogP contribution in [-0.2, 0) is 9.47 Å². The van der Waals surface area contributed by atoms with E-state index >= 15 is 0 Å². The molecule has 2 nitrogen and oxygen atoms in total. The zero-order chi connectivity index (χ0) is 8.48. The first-order valence-electron chi connectivity index (χ1n) is 4.24. The van der Waals surface area contributed by atoms with Crippen LogP contribution in [0.15, 0.2) is 0 Å². The highest BCUT2D eigenvalue weighted by Gasteiger charge is 2.45. The van der Waals surface area contributed by atoms with Crippen molar-refractivity contribution in [1.82, 2.24) is 0 Å². The molecule has 0 spiro atoms. The Kier molecular flexibility index (Phi) is 2.55. The van der Waals surface area contributed by atoms with E-state index in [1.807, 2.05) is 0 Å². The van der Waals surface area contributed by atoms with Crippen molar-refractivity contribution in [3.05, 3.63) is 0 Å². The molecule has 0 heterocycles. The highest BCUT2D eigenvalue weighted by Crippen LogP contribution is 2.44. The Labute approximate surface area is 68.9 Å². The average Bonchev–Trinajstić information content (AvgIpc) is 1.87. The molecule has 0 aliphatic heterocycles. The predicted molar refractivity (Wildman–Crippen MR) is 44.3 cm³/mol. The van der Waals surface area contributed by atoms with Gasteiger partial charge >= 0.3 is 0 Å². The summed E-state index contributed by atoms with van der Waals surface area (Å²) in [7, 11) is 3.44. The van der Waals surface area contributed by atoms with E-state index in [-0.39, 0.29) is 5.79 Å². The normalized spacial score (nSPS) is 23.7. The van der Waals surface area contributed by atoms with E-state index in [9.17, 15) is 0 Å². The second-order valence-corrected chi connectivity index (χ2v) is 3.73. The largest absolute Gasteiger partial charge is 0.353 e. The predicted octanol–water partition coefficient (Wildman–Crippen LogP) is 2.04. The third-order valence-corrected chi connectivity index (χ3v) is 2.83. The molecule has 0 bridgehead atoms. The standard InChI is InChI=1S/C9H18O2/c1-7(2)8-5-9(6-8,10-3)11-4/h7-8H,5-6H2,1-4H3. The van der Waals surface area contributed by atoms with E-state index in [4.69, 9.17) is 9.47 Å². The Hall–Kier alpha value is -0.0800. The third kappa shape index (κ3) is 1.57. The SMILES string of the molecule is COC1(OC)CC(C(C)C)C1. The molecule has 0 aromatic heterocycles. The maximum atomic E-state index is 5.28. The van der Waals surface area contributed by atoms with E-state index in [1.165, 1.54) is 0 Å². The van der Waals surface area contributed by atoms with Gasteiger partial charge in [-0.3, -0.25) is 0 Å². The second-order valence-electron chi connectivity index (χ2n) is 3.73. The molecule has 1 aliphatic carbocycles. The summed E-state index contributed by atoms with van der Waals surface area (Å²) in [5, 5.41) is 0. The topological polar surface area (TPSA) is 18.5 Å². The first-order valence-corrected chi connectivity index (χ1v) is 4.24. The smallest absolute Gasteiger partial charge is 0.168 e. The van der Waals surface area contributed by atoms with Gasteiger partial charge in [-0.15, -0.1) is 0 Å². The van der Waals surface area contributed by atoms with Crippen LogP contribution in [0.5, 0.6) is 0 Å². The van der Waals surface area contributed by atoms with E-state index in [1.54, 1.807) is 14.2 Å². The van der Waals surface area contributed by atoms with Crippen molar-refractivity contribution < 1.29 is 9.47 Å². The van der Waals surface area contributed by atoms with Crippen molar-refractivity contribution in [2.24, 2.45) is 11.8 Å². The van der Waals surface area contributed by atoms with Gasteiger partial charge in [0.1, 0.15) is 0 Å². The highest BCUT2D eigenvalue weighted by molar-refractivity contribution is 4.89. The van der Waals surface area contributed by atoms with Crippen LogP contribution in [0.2, 0.25) is 0 Å². The molecule has 0 radical (unpaired) electrons. The van der Waals surface area contributed by atoms with Crippen molar-refractivity contribution in [3.63, 3.8) is 0 Å². The summed E-state index contributed by atoms with van der Waals surface area (Å²) in [6, 6.07) is 0. The molecular weight excluding hydrogens is 140 g/mol. The van der Waals surface area contributed by atoms with E-state index in [0.717, 1.165) is 24.7 Å². The van der Waals surface area contributed by atoms with Crippen LogP contribution in [0.1, 0.15) is 26.7 Å². The number of methoxy groups -OCH3 is 2. The first kappa shape index (κ1) is 9.01. The van der Waals surface area contributed by atoms with Gasteiger partial charge in [0.15, 0.2) is 5.79 Å². The second kappa shape index (κ2) is 3.11. The monoisotopic (exact) mass is 158 g/mol. The fourth-order valence-electron chi connectivity index (χ4n) is 1.63. The number of ether oxygens (including phenoxy) is 2. The van der Waals surface area contributed by atoms with Crippen LogP contribution in [0, 0.1) is 11.8 Å². The average molecular weight is 158 g/mol. The fraction of sp³-hybridized carbons (Fsp3) is 1.00. The maximum Gasteiger partial charge on any atom is 0.168 e. The number of hydrogen-bond donors (Lipinski definition) is 0. The molecule has 0 N–H and O–H groups in total. The quantitative estimate of drug-likeness (QED) is 0.585. The molecule has 0 aromatic rings. The summed E-state index contributed by atoms with van der Waals surface area (Å²) in [5.41, 5.74) is 0. The zero-order valence-corrected chi connectivity index (χ0v) is 7.89. The van der Waals surface area contributed by atoms with E-state index < -0.39 is 0 Å². The highest BCUT2D eigenvalue weighted by atomic mass is 16.7. The van der Waals surface area contributed by atoms with Crippen molar-refractivity contribution in [3.8, 4) is 0 Å². The molecule has 0 aromatic carbocycles. The molecule has 0 atom stereocenters. The van der Waals surface area contributed by atoms with Gasteiger partial charge in [-0.25, -0.2) is 0 Å². The van der Waals surface area contributed by atoms with Crippen LogP contribution < -0.4 is 0 Å². The van der Waals surface area contributed by atoms with Crippen LogP contribution in [-0.4, -0.2) is 20.0 Å². The molecule has 1 fully saturated rings. The molecule has 1 aliphatic rings. The van der Waals surface area contributed by atoms with Crippen molar-refractivity contribution >= 4 is 0 Å². The summed E-state index contributed by atoms with van der Waals surface area (Å²) in [5.74, 6) is 1.30. The molecule has 0 unspecified atom stereocenters. The molecule has 2 heteroatoms. The van der Waals surface area contributed by atoms with Gasteiger partial charge in [0.2, 0.25) is 0 Å². The number of hydrogen-bond acceptors (Lipinski definition) is 2. The van der Waals surface area contributed by atoms with Crippen LogP contribution in [0.25, 0.3) is 0 Å². The van der Waals surface area contributed by atoms with Gasteiger partial charge in [-0.05, 0) is 11.8 Å². The van der Waals surface area contributed by atoms with Gasteiger partial charge < -0.3 is 9.47 Å². The van der Waals surface area contributed by atoms with Gasteiger partial charge in [0.05, 0.1) is 0 Å². The molecule has 66 valence electrons. The lowest BCUT2D eigenvalue weighted by Gasteiger charge is -2.46. The minimum absolute atomic E-state index is 0.241. The van der Waals surface area contributed by atoms with Crippen LogP contribution >= 0.6 is 0 Å². The molecule has 0 saturated heterocycles. The summed E-state index contributed by atoms with van der Waals surface area (Å²) in [6.07, 6.45) is 2.11. The van der Waals surface area contributed by atoms with E-state index in [2.05, 4.69) is 13.8 Å². The van der Waals surface area contributed by atoms with Crippen LogP contribution in [0.3, 0.4) is 0 Å². The molecule has 1 saturated carbocycles. The first-order chi connectivity index (χ1) is 5.13.